The zero-order chi connectivity index (χ0) is 26.8. The van der Waals surface area contributed by atoms with Crippen LogP contribution >= 0.6 is 0 Å². The van der Waals surface area contributed by atoms with E-state index in [1.165, 1.54) is 19.2 Å². The molecule has 202 valence electrons. The number of phenols is 1. The van der Waals surface area contributed by atoms with Gasteiger partial charge in [0.1, 0.15) is 35.9 Å². The number of esters is 1. The van der Waals surface area contributed by atoms with Crippen LogP contribution in [0.25, 0.3) is 6.08 Å². The molecule has 1 aromatic rings. The molecular formula is C25H36O11. The summed E-state index contributed by atoms with van der Waals surface area (Å²) in [5.74, 6) is -0.728. The van der Waals surface area contributed by atoms with Crippen molar-refractivity contribution in [2.75, 3.05) is 13.7 Å². The van der Waals surface area contributed by atoms with Gasteiger partial charge in [-0.2, -0.15) is 0 Å². The molecule has 7 atom stereocenters. The lowest BCUT2D eigenvalue weighted by atomic mass is 9.96. The molecule has 2 aliphatic rings. The Hall–Kier alpha value is -2.25. The lowest BCUT2D eigenvalue weighted by Crippen LogP contribution is -2.60. The number of ether oxygens (including phenoxy) is 4. The summed E-state index contributed by atoms with van der Waals surface area (Å²) >= 11 is 0. The highest BCUT2D eigenvalue weighted by Crippen LogP contribution is 2.39. The molecule has 0 saturated carbocycles. The maximum absolute atomic E-state index is 12.0. The van der Waals surface area contributed by atoms with Gasteiger partial charge < -0.3 is 49.6 Å². The maximum Gasteiger partial charge on any atom is 0.310 e. The Morgan fingerprint density at radius 3 is 2.50 bits per heavy atom. The SMILES string of the molecule is COC(=O)Cc1cc(O)cc(/C=C/[C@]2(C)CC[C@H](C(C)(C)O)O2)c1O[C@@H]1O[C@H](CO)[C@@H](O)[C@H](O)[C@H]1O. The summed E-state index contributed by atoms with van der Waals surface area (Å²) in [7, 11) is 1.21. The molecule has 0 spiro atoms. The van der Waals surface area contributed by atoms with E-state index in [1.54, 1.807) is 26.0 Å². The highest BCUT2D eigenvalue weighted by Gasteiger charge is 2.45. The number of phenolic OH excluding ortho intramolecular Hbond substituents is 1. The Bertz CT molecular complexity index is 954. The van der Waals surface area contributed by atoms with Crippen LogP contribution in [-0.2, 0) is 25.4 Å². The van der Waals surface area contributed by atoms with Gasteiger partial charge >= 0.3 is 5.97 Å². The number of carbonyl (C=O) groups excluding carboxylic acids is 1. The standard InChI is InChI=1S/C25H36O11/c1-24(2,32)17-6-8-25(3,36-17)7-5-13-9-15(27)10-14(11-18(28)33-4)22(13)35-23-21(31)20(30)19(29)16(12-26)34-23/h5,7,9-10,16-17,19-21,23,26-27,29-32H,6,8,11-12H2,1-4H3/b7-5+/t16-,17-,19-,20+,21-,23+,25-/m1/s1. The normalized spacial score (nSPS) is 33.1. The van der Waals surface area contributed by atoms with Crippen molar-refractivity contribution in [3.8, 4) is 11.5 Å². The number of carbonyl (C=O) groups is 1. The summed E-state index contributed by atoms with van der Waals surface area (Å²) in [5.41, 5.74) is -1.24. The van der Waals surface area contributed by atoms with E-state index in [-0.39, 0.29) is 29.6 Å². The van der Waals surface area contributed by atoms with Crippen LogP contribution in [0.15, 0.2) is 18.2 Å². The number of hydrogen-bond acceptors (Lipinski definition) is 11. The smallest absolute Gasteiger partial charge is 0.310 e. The molecule has 0 unspecified atom stereocenters. The molecule has 11 heteroatoms. The molecule has 1 aromatic carbocycles. The highest BCUT2D eigenvalue weighted by molar-refractivity contribution is 5.75. The molecule has 0 aliphatic carbocycles. The van der Waals surface area contributed by atoms with Gasteiger partial charge in [-0.15, -0.1) is 0 Å². The van der Waals surface area contributed by atoms with Crippen molar-refractivity contribution in [1.82, 2.24) is 0 Å². The van der Waals surface area contributed by atoms with Crippen LogP contribution in [0.3, 0.4) is 0 Å². The predicted octanol–water partition coefficient (Wildman–Crippen LogP) is 0.00820. The molecule has 0 bridgehead atoms. The summed E-state index contributed by atoms with van der Waals surface area (Å²) in [4.78, 5) is 12.0. The first-order valence-electron chi connectivity index (χ1n) is 11.8. The quantitative estimate of drug-likeness (QED) is 0.259. The van der Waals surface area contributed by atoms with Crippen molar-refractivity contribution in [2.24, 2.45) is 0 Å². The first-order chi connectivity index (χ1) is 16.8. The second-order valence-electron chi connectivity index (χ2n) is 10.0. The Morgan fingerprint density at radius 2 is 1.92 bits per heavy atom. The maximum atomic E-state index is 12.0. The van der Waals surface area contributed by atoms with E-state index in [9.17, 15) is 35.4 Å². The van der Waals surface area contributed by atoms with E-state index in [2.05, 4.69) is 0 Å². The minimum Gasteiger partial charge on any atom is -0.508 e. The van der Waals surface area contributed by atoms with Crippen molar-refractivity contribution in [1.29, 1.82) is 0 Å². The van der Waals surface area contributed by atoms with Gasteiger partial charge in [0.2, 0.25) is 6.29 Å². The molecule has 2 aliphatic heterocycles. The number of benzene rings is 1. The van der Waals surface area contributed by atoms with Gasteiger partial charge in [0.25, 0.3) is 0 Å². The Kier molecular flexibility index (Phi) is 8.67. The van der Waals surface area contributed by atoms with Crippen LogP contribution in [0.2, 0.25) is 0 Å². The van der Waals surface area contributed by atoms with E-state index >= 15 is 0 Å². The number of methoxy groups -OCH3 is 1. The van der Waals surface area contributed by atoms with Crippen LogP contribution < -0.4 is 4.74 Å². The monoisotopic (exact) mass is 512 g/mol. The van der Waals surface area contributed by atoms with E-state index in [0.29, 0.717) is 18.4 Å². The molecule has 0 radical (unpaired) electrons. The van der Waals surface area contributed by atoms with Gasteiger partial charge in [-0.25, -0.2) is 0 Å². The topological polar surface area (TPSA) is 175 Å². The first kappa shape index (κ1) is 28.3. The molecule has 3 rings (SSSR count). The van der Waals surface area contributed by atoms with Crippen molar-refractivity contribution >= 4 is 12.0 Å². The Balaban J connectivity index is 1.97. The van der Waals surface area contributed by atoms with Gasteiger partial charge in [-0.05, 0) is 45.7 Å². The minimum atomic E-state index is -1.68. The summed E-state index contributed by atoms with van der Waals surface area (Å²) in [5, 5.41) is 60.8. The van der Waals surface area contributed by atoms with Gasteiger partial charge in [-0.1, -0.05) is 12.2 Å². The molecule has 2 fully saturated rings. The van der Waals surface area contributed by atoms with Gasteiger partial charge in [0.15, 0.2) is 0 Å². The average Bonchev–Trinajstić information content (AvgIpc) is 3.22. The van der Waals surface area contributed by atoms with Crippen LogP contribution in [0.4, 0.5) is 0 Å². The fourth-order valence-electron chi connectivity index (χ4n) is 4.35. The number of aliphatic hydroxyl groups is 5. The Morgan fingerprint density at radius 1 is 1.22 bits per heavy atom. The van der Waals surface area contributed by atoms with Crippen LogP contribution in [0.1, 0.15) is 44.7 Å². The molecule has 2 heterocycles. The number of aromatic hydroxyl groups is 1. The minimum absolute atomic E-state index is 0.0550. The van der Waals surface area contributed by atoms with Gasteiger partial charge in [0.05, 0.1) is 37.4 Å². The van der Waals surface area contributed by atoms with E-state index in [1.807, 2.05) is 6.92 Å². The van der Waals surface area contributed by atoms with Crippen molar-refractivity contribution in [3.63, 3.8) is 0 Å². The summed E-state index contributed by atoms with van der Waals surface area (Å²) in [6, 6.07) is 2.67. The zero-order valence-electron chi connectivity index (χ0n) is 20.8. The van der Waals surface area contributed by atoms with E-state index in [4.69, 9.17) is 18.9 Å². The second kappa shape index (κ2) is 11.0. The summed E-state index contributed by atoms with van der Waals surface area (Å²) in [6.07, 6.45) is -3.66. The number of hydrogen-bond donors (Lipinski definition) is 6. The highest BCUT2D eigenvalue weighted by atomic mass is 16.7. The van der Waals surface area contributed by atoms with Crippen molar-refractivity contribution in [2.45, 2.75) is 88.0 Å². The van der Waals surface area contributed by atoms with Crippen molar-refractivity contribution in [3.05, 3.63) is 29.3 Å². The number of aliphatic hydroxyl groups excluding tert-OH is 4. The average molecular weight is 513 g/mol. The molecule has 0 aromatic heterocycles. The second-order valence-corrected chi connectivity index (χ2v) is 10.0. The number of rotatable bonds is 8. The van der Waals surface area contributed by atoms with Gasteiger partial charge in [0, 0.05) is 11.1 Å². The van der Waals surface area contributed by atoms with Crippen LogP contribution in [-0.4, -0.2) is 98.3 Å². The predicted molar refractivity (Wildman–Crippen MR) is 126 cm³/mol. The van der Waals surface area contributed by atoms with Gasteiger partial charge in [-0.3, -0.25) is 4.79 Å². The third kappa shape index (κ3) is 6.35. The lowest BCUT2D eigenvalue weighted by molar-refractivity contribution is -0.277. The largest absolute Gasteiger partial charge is 0.508 e. The lowest BCUT2D eigenvalue weighted by Gasteiger charge is -2.40. The zero-order valence-corrected chi connectivity index (χ0v) is 20.8. The van der Waals surface area contributed by atoms with Crippen LogP contribution in [0.5, 0.6) is 11.5 Å². The molecule has 0 amide bonds. The van der Waals surface area contributed by atoms with E-state index < -0.39 is 54.5 Å². The fraction of sp³-hybridized carbons (Fsp3) is 0.640. The van der Waals surface area contributed by atoms with Crippen LogP contribution in [0, 0.1) is 0 Å². The molecule has 6 N–H and O–H groups in total. The summed E-state index contributed by atoms with van der Waals surface area (Å²) < 4.78 is 22.2. The van der Waals surface area contributed by atoms with Crippen molar-refractivity contribution < 1.29 is 54.4 Å². The third-order valence-corrected chi connectivity index (χ3v) is 6.54. The molecule has 2 saturated heterocycles. The Labute approximate surface area is 209 Å². The van der Waals surface area contributed by atoms with E-state index in [0.717, 1.165) is 0 Å². The molecule has 36 heavy (non-hydrogen) atoms. The molecular weight excluding hydrogens is 476 g/mol. The third-order valence-electron chi connectivity index (χ3n) is 6.54. The summed E-state index contributed by atoms with van der Waals surface area (Å²) in [6.45, 7) is 4.56. The first-order valence-corrected chi connectivity index (χ1v) is 11.8. The fourth-order valence-corrected chi connectivity index (χ4v) is 4.35. The molecule has 11 nitrogen and oxygen atoms in total.